The first kappa shape index (κ1) is 23.6. The molecular weight excluding hydrogens is 430 g/mol. The first-order valence-corrected chi connectivity index (χ1v) is 11.7. The van der Waals surface area contributed by atoms with E-state index in [1.165, 1.54) is 0 Å². The maximum Gasteiger partial charge on any atom is 0.224 e. The first-order chi connectivity index (χ1) is 16.6. The molecule has 7 nitrogen and oxygen atoms in total. The van der Waals surface area contributed by atoms with Gasteiger partial charge in [-0.15, -0.1) is 0 Å². The molecule has 1 unspecified atom stereocenters. The van der Waals surface area contributed by atoms with Gasteiger partial charge in [-0.05, 0) is 72.9 Å². The van der Waals surface area contributed by atoms with Gasteiger partial charge in [0.2, 0.25) is 5.91 Å². The molecule has 2 heterocycles. The van der Waals surface area contributed by atoms with E-state index in [4.69, 9.17) is 14.5 Å². The smallest absolute Gasteiger partial charge is 0.224 e. The summed E-state index contributed by atoms with van der Waals surface area (Å²) in [6.45, 7) is 3.41. The number of phenolic OH excluding ortho intramolecular Hbond substituents is 1. The highest BCUT2D eigenvalue weighted by molar-refractivity contribution is 5.92. The van der Waals surface area contributed by atoms with Crippen LogP contribution in [-0.4, -0.2) is 42.4 Å². The van der Waals surface area contributed by atoms with Crippen molar-refractivity contribution < 1.29 is 19.4 Å². The van der Waals surface area contributed by atoms with Crippen molar-refractivity contribution in [3.05, 3.63) is 54.6 Å². The Hall–Kier alpha value is -3.58. The predicted molar refractivity (Wildman–Crippen MR) is 134 cm³/mol. The lowest BCUT2D eigenvalue weighted by Gasteiger charge is -2.15. The minimum Gasteiger partial charge on any atom is -0.507 e. The van der Waals surface area contributed by atoms with Crippen molar-refractivity contribution in [3.63, 3.8) is 0 Å². The van der Waals surface area contributed by atoms with Crippen molar-refractivity contribution >= 4 is 17.4 Å². The Kier molecular flexibility index (Phi) is 7.65. The molecule has 178 valence electrons. The van der Waals surface area contributed by atoms with Gasteiger partial charge < -0.3 is 25.2 Å². The van der Waals surface area contributed by atoms with Crippen LogP contribution in [0.15, 0.2) is 54.6 Å². The van der Waals surface area contributed by atoms with E-state index in [9.17, 15) is 9.90 Å². The molecule has 1 aliphatic rings. The number of pyridine rings is 1. The van der Waals surface area contributed by atoms with Crippen molar-refractivity contribution in [2.24, 2.45) is 0 Å². The van der Waals surface area contributed by atoms with E-state index in [2.05, 4.69) is 10.6 Å². The van der Waals surface area contributed by atoms with Gasteiger partial charge in [0.15, 0.2) is 0 Å². The fourth-order valence-corrected chi connectivity index (χ4v) is 4.02. The number of rotatable bonds is 9. The van der Waals surface area contributed by atoms with Crippen LogP contribution < -0.4 is 15.4 Å². The minimum atomic E-state index is -0.0591. The molecule has 0 radical (unpaired) electrons. The van der Waals surface area contributed by atoms with Gasteiger partial charge >= 0.3 is 0 Å². The number of methoxy groups -OCH3 is 1. The zero-order valence-electron chi connectivity index (χ0n) is 19.6. The van der Waals surface area contributed by atoms with E-state index in [0.717, 1.165) is 42.7 Å². The summed E-state index contributed by atoms with van der Waals surface area (Å²) in [6.07, 6.45) is 3.46. The lowest BCUT2D eigenvalue weighted by atomic mass is 10.0. The zero-order valence-corrected chi connectivity index (χ0v) is 19.6. The Morgan fingerprint density at radius 1 is 1.18 bits per heavy atom. The second-order valence-corrected chi connectivity index (χ2v) is 8.40. The normalized spacial score (nSPS) is 15.2. The highest BCUT2D eigenvalue weighted by Gasteiger charge is 2.17. The van der Waals surface area contributed by atoms with Gasteiger partial charge in [0, 0.05) is 30.8 Å². The molecule has 1 saturated heterocycles. The topological polar surface area (TPSA) is 92.7 Å². The molecule has 0 saturated carbocycles. The molecule has 4 rings (SSSR count). The number of phenols is 1. The van der Waals surface area contributed by atoms with Gasteiger partial charge in [-0.3, -0.25) is 4.79 Å². The quantitative estimate of drug-likeness (QED) is 0.367. The molecule has 0 spiro atoms. The van der Waals surface area contributed by atoms with E-state index < -0.39 is 0 Å². The Balaban J connectivity index is 1.71. The molecule has 2 aromatic carbocycles. The summed E-state index contributed by atoms with van der Waals surface area (Å²) in [4.78, 5) is 16.9. The van der Waals surface area contributed by atoms with Crippen molar-refractivity contribution in [2.75, 3.05) is 30.9 Å². The second-order valence-electron chi connectivity index (χ2n) is 8.40. The first-order valence-electron chi connectivity index (χ1n) is 11.7. The van der Waals surface area contributed by atoms with E-state index in [0.29, 0.717) is 35.7 Å². The van der Waals surface area contributed by atoms with Crippen LogP contribution in [0.5, 0.6) is 11.5 Å². The van der Waals surface area contributed by atoms with Crippen LogP contribution in [0.2, 0.25) is 0 Å². The van der Waals surface area contributed by atoms with Crippen LogP contribution in [0.1, 0.15) is 32.6 Å². The number of nitrogens with one attached hydrogen (secondary N) is 2. The summed E-state index contributed by atoms with van der Waals surface area (Å²) in [5, 5.41) is 16.9. The van der Waals surface area contributed by atoms with Crippen LogP contribution >= 0.6 is 0 Å². The Morgan fingerprint density at radius 2 is 2.06 bits per heavy atom. The number of anilines is 2. The van der Waals surface area contributed by atoms with Crippen molar-refractivity contribution in [1.82, 2.24) is 4.98 Å². The summed E-state index contributed by atoms with van der Waals surface area (Å²) in [5.41, 5.74) is 3.65. The molecule has 0 bridgehead atoms. The molecule has 1 aliphatic heterocycles. The molecule has 3 N–H and O–H groups in total. The Labute approximate surface area is 200 Å². The molecule has 3 aromatic rings. The minimum absolute atomic E-state index is 0.0591. The number of carbonyl (C=O) groups excluding carboxylic acids is 1. The van der Waals surface area contributed by atoms with Crippen molar-refractivity contribution in [2.45, 2.75) is 38.7 Å². The van der Waals surface area contributed by atoms with E-state index in [1.54, 1.807) is 25.3 Å². The number of aromatic nitrogens is 1. The number of nitrogens with zero attached hydrogens (tertiary/aromatic N) is 1. The van der Waals surface area contributed by atoms with E-state index >= 15 is 0 Å². The summed E-state index contributed by atoms with van der Waals surface area (Å²) >= 11 is 0. The molecular formula is C27H31N3O4. The predicted octanol–water partition coefficient (Wildman–Crippen LogP) is 5.46. The number of benzene rings is 2. The summed E-state index contributed by atoms with van der Waals surface area (Å²) in [6, 6.07) is 16.7. The molecule has 1 atom stereocenters. The van der Waals surface area contributed by atoms with Crippen LogP contribution in [0.4, 0.5) is 11.5 Å². The fourth-order valence-electron chi connectivity index (χ4n) is 4.02. The molecule has 1 aromatic heterocycles. The number of ether oxygens (including phenoxy) is 2. The van der Waals surface area contributed by atoms with Crippen molar-refractivity contribution in [1.29, 1.82) is 0 Å². The van der Waals surface area contributed by atoms with Gasteiger partial charge in [0.25, 0.3) is 0 Å². The van der Waals surface area contributed by atoms with Gasteiger partial charge in [0.05, 0.1) is 18.9 Å². The average molecular weight is 462 g/mol. The zero-order chi connectivity index (χ0) is 23.9. The molecule has 0 aliphatic carbocycles. The molecule has 7 heteroatoms. The van der Waals surface area contributed by atoms with Crippen molar-refractivity contribution in [3.8, 4) is 33.9 Å². The molecule has 1 fully saturated rings. The SMILES string of the molecule is CCCC(=O)Nc1ccc(O)c(-c2cc(-c3cccc(OC)c3)cc(NCC3CCCO3)n2)c1. The largest absolute Gasteiger partial charge is 0.507 e. The standard InChI is InChI=1S/C27H31N3O4/c1-3-6-27(32)29-20-10-11-25(31)23(16-20)24-14-19(18-7-4-8-21(13-18)33-2)15-26(30-24)28-17-22-9-5-12-34-22/h4,7-8,10-11,13-16,22,31H,3,5-6,9,12,17H2,1-2H3,(H,28,30)(H,29,32). The third kappa shape index (κ3) is 5.85. The second kappa shape index (κ2) is 11.0. The number of amides is 1. The number of hydrogen-bond acceptors (Lipinski definition) is 6. The van der Waals surface area contributed by atoms with Gasteiger partial charge in [-0.1, -0.05) is 19.1 Å². The van der Waals surface area contributed by atoms with Crippen LogP contribution in [-0.2, 0) is 9.53 Å². The third-order valence-electron chi connectivity index (χ3n) is 5.80. The molecule has 34 heavy (non-hydrogen) atoms. The number of aromatic hydroxyl groups is 1. The van der Waals surface area contributed by atoms with Gasteiger partial charge in [-0.25, -0.2) is 4.98 Å². The average Bonchev–Trinajstić information content (AvgIpc) is 3.38. The summed E-state index contributed by atoms with van der Waals surface area (Å²) in [7, 11) is 1.64. The van der Waals surface area contributed by atoms with Crippen LogP contribution in [0.25, 0.3) is 22.4 Å². The van der Waals surface area contributed by atoms with Gasteiger partial charge in [0.1, 0.15) is 17.3 Å². The van der Waals surface area contributed by atoms with Crippen LogP contribution in [0.3, 0.4) is 0 Å². The fraction of sp³-hybridized carbons (Fsp3) is 0.333. The lowest BCUT2D eigenvalue weighted by molar-refractivity contribution is -0.116. The maximum absolute atomic E-state index is 12.1. The van der Waals surface area contributed by atoms with E-state index in [-0.39, 0.29) is 17.8 Å². The highest BCUT2D eigenvalue weighted by atomic mass is 16.5. The Bertz CT molecular complexity index is 1140. The lowest BCUT2D eigenvalue weighted by Crippen LogP contribution is -2.19. The maximum atomic E-state index is 12.1. The highest BCUT2D eigenvalue weighted by Crippen LogP contribution is 2.35. The third-order valence-corrected chi connectivity index (χ3v) is 5.80. The number of hydrogen-bond donors (Lipinski definition) is 3. The van der Waals surface area contributed by atoms with Crippen LogP contribution in [0, 0.1) is 0 Å². The van der Waals surface area contributed by atoms with Gasteiger partial charge in [-0.2, -0.15) is 0 Å². The summed E-state index contributed by atoms with van der Waals surface area (Å²) < 4.78 is 11.1. The Morgan fingerprint density at radius 3 is 2.82 bits per heavy atom. The molecule has 1 amide bonds. The van der Waals surface area contributed by atoms with E-state index in [1.807, 2.05) is 43.3 Å². The number of carbonyl (C=O) groups is 1. The summed E-state index contributed by atoms with van der Waals surface area (Å²) in [5.74, 6) is 1.48. The monoisotopic (exact) mass is 461 g/mol.